The van der Waals surface area contributed by atoms with Crippen LogP contribution in [0.1, 0.15) is 24.6 Å². The van der Waals surface area contributed by atoms with Crippen LogP contribution in [0.3, 0.4) is 0 Å². The first-order valence-electron chi connectivity index (χ1n) is 6.50. The molecule has 1 aliphatic rings. The Morgan fingerprint density at radius 1 is 1.47 bits per heavy atom. The van der Waals surface area contributed by atoms with E-state index in [2.05, 4.69) is 10.0 Å². The molecular formula is C12H20N2O3S2. The van der Waals surface area contributed by atoms with E-state index < -0.39 is 10.0 Å². The van der Waals surface area contributed by atoms with Gasteiger partial charge in [0.25, 0.3) is 0 Å². The Bertz CT molecular complexity index is 495. The highest BCUT2D eigenvalue weighted by Crippen LogP contribution is 2.22. The monoisotopic (exact) mass is 304 g/mol. The van der Waals surface area contributed by atoms with Gasteiger partial charge >= 0.3 is 0 Å². The molecule has 0 amide bonds. The summed E-state index contributed by atoms with van der Waals surface area (Å²) in [4.78, 5) is 1.40. The van der Waals surface area contributed by atoms with Crippen LogP contribution in [-0.2, 0) is 21.3 Å². The van der Waals surface area contributed by atoms with Gasteiger partial charge in [-0.3, -0.25) is 0 Å². The summed E-state index contributed by atoms with van der Waals surface area (Å²) in [6.45, 7) is 3.94. The highest BCUT2D eigenvalue weighted by atomic mass is 32.2. The molecule has 108 valence electrons. The minimum Gasteiger partial charge on any atom is -0.380 e. The summed E-state index contributed by atoms with van der Waals surface area (Å²) in [6, 6.07) is 2.37. The largest absolute Gasteiger partial charge is 0.380 e. The summed E-state index contributed by atoms with van der Waals surface area (Å²) < 4.78 is 31.6. The van der Waals surface area contributed by atoms with Gasteiger partial charge in [0, 0.05) is 36.0 Å². The predicted octanol–water partition coefficient (Wildman–Crippen LogP) is 1.31. The second kappa shape index (κ2) is 6.81. The molecule has 0 aliphatic heterocycles. The van der Waals surface area contributed by atoms with Gasteiger partial charge in [-0.25, -0.2) is 13.1 Å². The van der Waals surface area contributed by atoms with Gasteiger partial charge in [0.2, 0.25) is 10.0 Å². The SMILES string of the molecule is CCOCCNS(=O)(=O)c1csc(CNC2CC2)c1. The molecule has 7 heteroatoms. The van der Waals surface area contributed by atoms with Gasteiger partial charge in [-0.05, 0) is 25.8 Å². The van der Waals surface area contributed by atoms with E-state index in [-0.39, 0.29) is 0 Å². The molecule has 0 saturated heterocycles. The molecule has 5 nitrogen and oxygen atoms in total. The molecule has 1 heterocycles. The van der Waals surface area contributed by atoms with Crippen molar-refractivity contribution in [2.24, 2.45) is 0 Å². The molecule has 0 unspecified atom stereocenters. The molecule has 0 aromatic carbocycles. The molecule has 2 N–H and O–H groups in total. The van der Waals surface area contributed by atoms with Crippen molar-refractivity contribution in [2.45, 2.75) is 37.2 Å². The first-order chi connectivity index (χ1) is 9.12. The topological polar surface area (TPSA) is 67.4 Å². The van der Waals surface area contributed by atoms with Crippen LogP contribution < -0.4 is 10.0 Å². The Balaban J connectivity index is 1.84. The van der Waals surface area contributed by atoms with E-state index in [0.29, 0.717) is 30.7 Å². The molecular weight excluding hydrogens is 284 g/mol. The zero-order valence-corrected chi connectivity index (χ0v) is 12.6. The Morgan fingerprint density at radius 3 is 2.95 bits per heavy atom. The number of sulfonamides is 1. The Hall–Kier alpha value is -0.470. The van der Waals surface area contributed by atoms with E-state index in [0.717, 1.165) is 11.4 Å². The van der Waals surface area contributed by atoms with Gasteiger partial charge in [0.15, 0.2) is 0 Å². The lowest BCUT2D eigenvalue weighted by Gasteiger charge is -2.04. The van der Waals surface area contributed by atoms with Gasteiger partial charge in [-0.15, -0.1) is 11.3 Å². The van der Waals surface area contributed by atoms with Gasteiger partial charge in [-0.2, -0.15) is 0 Å². The zero-order chi connectivity index (χ0) is 13.7. The highest BCUT2D eigenvalue weighted by molar-refractivity contribution is 7.89. The molecule has 0 atom stereocenters. The standard InChI is InChI=1S/C12H20N2O3S2/c1-2-17-6-5-14-19(15,16)12-7-11(18-9-12)8-13-10-3-4-10/h7,9-10,13-14H,2-6,8H2,1H3. The quantitative estimate of drug-likeness (QED) is 0.675. The molecule has 1 saturated carbocycles. The maximum absolute atomic E-state index is 12.0. The molecule has 19 heavy (non-hydrogen) atoms. The van der Waals surface area contributed by atoms with Crippen molar-refractivity contribution in [2.75, 3.05) is 19.8 Å². The van der Waals surface area contributed by atoms with Crippen LogP contribution in [0, 0.1) is 0 Å². The third-order valence-corrected chi connectivity index (χ3v) is 5.35. The first kappa shape index (κ1) is 14.9. The van der Waals surface area contributed by atoms with Gasteiger partial charge in [0.05, 0.1) is 11.5 Å². The zero-order valence-electron chi connectivity index (χ0n) is 11.0. The number of rotatable bonds is 9. The van der Waals surface area contributed by atoms with Crippen molar-refractivity contribution in [1.82, 2.24) is 10.0 Å². The smallest absolute Gasteiger partial charge is 0.241 e. The van der Waals surface area contributed by atoms with Crippen LogP contribution >= 0.6 is 11.3 Å². The van der Waals surface area contributed by atoms with E-state index in [1.807, 2.05) is 6.92 Å². The Morgan fingerprint density at radius 2 is 2.26 bits per heavy atom. The number of thiophene rings is 1. The lowest BCUT2D eigenvalue weighted by Crippen LogP contribution is -2.27. The minimum atomic E-state index is -3.39. The van der Waals surface area contributed by atoms with Crippen molar-refractivity contribution in [1.29, 1.82) is 0 Å². The van der Waals surface area contributed by atoms with Crippen LogP contribution in [0.4, 0.5) is 0 Å². The molecule has 1 aromatic rings. The fourth-order valence-corrected chi connectivity index (χ4v) is 3.84. The molecule has 0 spiro atoms. The van der Waals surface area contributed by atoms with Crippen LogP contribution in [0.2, 0.25) is 0 Å². The van der Waals surface area contributed by atoms with Crippen LogP contribution in [0.25, 0.3) is 0 Å². The summed E-state index contributed by atoms with van der Waals surface area (Å²) in [7, 11) is -3.39. The maximum atomic E-state index is 12.0. The molecule has 2 rings (SSSR count). The number of nitrogens with one attached hydrogen (secondary N) is 2. The van der Waals surface area contributed by atoms with Crippen LogP contribution in [0.5, 0.6) is 0 Å². The van der Waals surface area contributed by atoms with E-state index >= 15 is 0 Å². The minimum absolute atomic E-state index is 0.307. The van der Waals surface area contributed by atoms with Crippen molar-refractivity contribution >= 4 is 21.4 Å². The summed E-state index contributed by atoms with van der Waals surface area (Å²) in [5, 5.41) is 5.06. The maximum Gasteiger partial charge on any atom is 0.241 e. The second-order valence-corrected chi connectivity index (χ2v) is 7.26. The lowest BCUT2D eigenvalue weighted by molar-refractivity contribution is 0.153. The average molecular weight is 304 g/mol. The van der Waals surface area contributed by atoms with Crippen molar-refractivity contribution in [3.05, 3.63) is 16.3 Å². The fraction of sp³-hybridized carbons (Fsp3) is 0.667. The molecule has 0 bridgehead atoms. The van der Waals surface area contributed by atoms with Crippen LogP contribution in [0.15, 0.2) is 16.3 Å². The van der Waals surface area contributed by atoms with Crippen molar-refractivity contribution in [3.8, 4) is 0 Å². The van der Waals surface area contributed by atoms with Gasteiger partial charge in [0.1, 0.15) is 0 Å². The Kier molecular flexibility index (Phi) is 5.35. The molecule has 0 radical (unpaired) electrons. The average Bonchev–Trinajstić information content (AvgIpc) is 3.08. The third kappa shape index (κ3) is 4.85. The molecule has 1 aliphatic carbocycles. The predicted molar refractivity (Wildman–Crippen MR) is 75.9 cm³/mol. The van der Waals surface area contributed by atoms with E-state index in [4.69, 9.17) is 4.74 Å². The number of ether oxygens (including phenoxy) is 1. The normalized spacial score (nSPS) is 15.8. The summed E-state index contributed by atoms with van der Waals surface area (Å²) in [5.74, 6) is 0. The van der Waals surface area contributed by atoms with Gasteiger partial charge in [-0.1, -0.05) is 0 Å². The van der Waals surface area contributed by atoms with Gasteiger partial charge < -0.3 is 10.1 Å². The van der Waals surface area contributed by atoms with Crippen molar-refractivity contribution in [3.63, 3.8) is 0 Å². The fourth-order valence-electron chi connectivity index (χ4n) is 1.60. The third-order valence-electron chi connectivity index (χ3n) is 2.82. The number of hydrogen-bond donors (Lipinski definition) is 2. The highest BCUT2D eigenvalue weighted by Gasteiger charge is 2.21. The lowest BCUT2D eigenvalue weighted by atomic mass is 10.4. The molecule has 1 fully saturated rings. The summed E-state index contributed by atoms with van der Waals surface area (Å²) in [5.41, 5.74) is 0. The molecule has 1 aromatic heterocycles. The Labute approximate surface area is 118 Å². The summed E-state index contributed by atoms with van der Waals surface area (Å²) in [6.07, 6.45) is 2.46. The van der Waals surface area contributed by atoms with Crippen LogP contribution in [-0.4, -0.2) is 34.2 Å². The van der Waals surface area contributed by atoms with Crippen molar-refractivity contribution < 1.29 is 13.2 Å². The summed E-state index contributed by atoms with van der Waals surface area (Å²) >= 11 is 1.48. The first-order valence-corrected chi connectivity index (χ1v) is 8.86. The van der Waals surface area contributed by atoms with E-state index in [1.54, 1.807) is 11.4 Å². The van der Waals surface area contributed by atoms with E-state index in [1.165, 1.54) is 24.2 Å². The second-order valence-electron chi connectivity index (χ2n) is 4.50. The van der Waals surface area contributed by atoms with E-state index in [9.17, 15) is 8.42 Å². The number of hydrogen-bond acceptors (Lipinski definition) is 5.